The highest BCUT2D eigenvalue weighted by molar-refractivity contribution is 6.30. The summed E-state index contributed by atoms with van der Waals surface area (Å²) in [7, 11) is 0. The van der Waals surface area contributed by atoms with E-state index < -0.39 is 6.10 Å². The maximum absolute atomic E-state index is 10.5. The standard InChI is InChI=1S/C17H23ClO2/c18-14-10-13-8-9-20-17(13)15(11-14)16(19)7-6-12-4-2-1-3-5-12/h10-12,16,19H,1-9H2. The number of benzene rings is 1. The Labute approximate surface area is 126 Å². The van der Waals surface area contributed by atoms with Crippen LogP contribution in [-0.2, 0) is 6.42 Å². The van der Waals surface area contributed by atoms with Crippen molar-refractivity contribution in [1.29, 1.82) is 0 Å². The molecule has 110 valence electrons. The van der Waals surface area contributed by atoms with Crippen molar-refractivity contribution in [2.45, 2.75) is 57.5 Å². The molecule has 1 N–H and O–H groups in total. The first kappa shape index (κ1) is 14.2. The molecule has 0 saturated heterocycles. The molecule has 1 unspecified atom stereocenters. The van der Waals surface area contributed by atoms with E-state index in [1.807, 2.05) is 12.1 Å². The Kier molecular flexibility index (Phi) is 4.52. The van der Waals surface area contributed by atoms with Gasteiger partial charge in [0.2, 0.25) is 0 Å². The lowest BCUT2D eigenvalue weighted by atomic mass is 9.85. The fraction of sp³-hybridized carbons (Fsp3) is 0.647. The average molecular weight is 295 g/mol. The van der Waals surface area contributed by atoms with Gasteiger partial charge < -0.3 is 9.84 Å². The van der Waals surface area contributed by atoms with E-state index in [9.17, 15) is 5.11 Å². The van der Waals surface area contributed by atoms with Gasteiger partial charge in [0, 0.05) is 17.0 Å². The molecule has 0 aromatic heterocycles. The molecule has 0 amide bonds. The van der Waals surface area contributed by atoms with Gasteiger partial charge in [-0.15, -0.1) is 0 Å². The molecule has 1 saturated carbocycles. The van der Waals surface area contributed by atoms with Gasteiger partial charge in [-0.25, -0.2) is 0 Å². The normalized spacial score (nSPS) is 20.5. The Morgan fingerprint density at radius 2 is 2.05 bits per heavy atom. The molecule has 0 radical (unpaired) electrons. The molecule has 1 aromatic rings. The lowest BCUT2D eigenvalue weighted by molar-refractivity contribution is 0.147. The van der Waals surface area contributed by atoms with Crippen LogP contribution in [0.15, 0.2) is 12.1 Å². The van der Waals surface area contributed by atoms with E-state index in [1.54, 1.807) is 0 Å². The molecule has 0 bridgehead atoms. The van der Waals surface area contributed by atoms with Crippen molar-refractivity contribution in [3.8, 4) is 5.75 Å². The third kappa shape index (κ3) is 3.12. The van der Waals surface area contributed by atoms with Gasteiger partial charge in [0.25, 0.3) is 0 Å². The van der Waals surface area contributed by atoms with Crippen LogP contribution in [0.5, 0.6) is 5.75 Å². The smallest absolute Gasteiger partial charge is 0.128 e. The van der Waals surface area contributed by atoms with Gasteiger partial charge in [-0.05, 0) is 36.5 Å². The fourth-order valence-corrected chi connectivity index (χ4v) is 3.82. The molecular weight excluding hydrogens is 272 g/mol. The van der Waals surface area contributed by atoms with Crippen LogP contribution in [0, 0.1) is 5.92 Å². The summed E-state index contributed by atoms with van der Waals surface area (Å²) in [6.07, 6.45) is 9.15. The summed E-state index contributed by atoms with van der Waals surface area (Å²) >= 11 is 6.15. The van der Waals surface area contributed by atoms with Crippen molar-refractivity contribution in [2.24, 2.45) is 5.92 Å². The predicted octanol–water partition coefficient (Wildman–Crippen LogP) is 4.67. The average Bonchev–Trinajstić information content (AvgIpc) is 2.93. The molecule has 20 heavy (non-hydrogen) atoms. The van der Waals surface area contributed by atoms with Gasteiger partial charge in [-0.2, -0.15) is 0 Å². The summed E-state index contributed by atoms with van der Waals surface area (Å²) in [4.78, 5) is 0. The molecule has 3 heteroatoms. The second-order valence-electron chi connectivity index (χ2n) is 6.18. The predicted molar refractivity (Wildman–Crippen MR) is 81.4 cm³/mol. The monoisotopic (exact) mass is 294 g/mol. The minimum Gasteiger partial charge on any atom is -0.493 e. The molecule has 3 rings (SSSR count). The highest BCUT2D eigenvalue weighted by Gasteiger charge is 2.23. The first-order valence-electron chi connectivity index (χ1n) is 7.87. The van der Waals surface area contributed by atoms with Crippen molar-refractivity contribution < 1.29 is 9.84 Å². The quantitative estimate of drug-likeness (QED) is 0.874. The Hall–Kier alpha value is -0.730. The summed E-state index contributed by atoms with van der Waals surface area (Å²) in [5.41, 5.74) is 2.03. The molecule has 1 aliphatic heterocycles. The Morgan fingerprint density at radius 3 is 2.85 bits per heavy atom. The molecule has 1 aliphatic carbocycles. The first-order chi connectivity index (χ1) is 9.74. The number of aliphatic hydroxyl groups excluding tert-OH is 1. The second-order valence-corrected chi connectivity index (χ2v) is 6.62. The SMILES string of the molecule is OC(CCC1CCCCC1)c1cc(Cl)cc2c1OCC2. The highest BCUT2D eigenvalue weighted by atomic mass is 35.5. The molecule has 1 fully saturated rings. The van der Waals surface area contributed by atoms with Crippen LogP contribution >= 0.6 is 11.6 Å². The lowest BCUT2D eigenvalue weighted by Gasteiger charge is -2.23. The van der Waals surface area contributed by atoms with Crippen LogP contribution in [0.4, 0.5) is 0 Å². The summed E-state index contributed by atoms with van der Waals surface area (Å²) < 4.78 is 5.68. The number of hydrogen-bond donors (Lipinski definition) is 1. The summed E-state index contributed by atoms with van der Waals surface area (Å²) in [5, 5.41) is 11.2. The van der Waals surface area contributed by atoms with E-state index in [-0.39, 0.29) is 0 Å². The van der Waals surface area contributed by atoms with Crippen LogP contribution in [0.25, 0.3) is 0 Å². The van der Waals surface area contributed by atoms with E-state index in [0.717, 1.165) is 42.1 Å². The van der Waals surface area contributed by atoms with Gasteiger partial charge >= 0.3 is 0 Å². The third-order valence-electron chi connectivity index (χ3n) is 4.71. The molecule has 2 aliphatic rings. The molecule has 1 atom stereocenters. The number of halogens is 1. The minimum absolute atomic E-state index is 0.442. The molecule has 0 spiro atoms. The minimum atomic E-state index is -0.442. The number of rotatable bonds is 4. The summed E-state index contributed by atoms with van der Waals surface area (Å²) in [5.74, 6) is 1.68. The number of hydrogen-bond acceptors (Lipinski definition) is 2. The van der Waals surface area contributed by atoms with Crippen LogP contribution < -0.4 is 4.74 Å². The Morgan fingerprint density at radius 1 is 1.25 bits per heavy atom. The topological polar surface area (TPSA) is 29.5 Å². The molecular formula is C17H23ClO2. The zero-order chi connectivity index (χ0) is 13.9. The third-order valence-corrected chi connectivity index (χ3v) is 4.93. The van der Waals surface area contributed by atoms with Gasteiger partial charge in [0.15, 0.2) is 0 Å². The van der Waals surface area contributed by atoms with Crippen LogP contribution in [-0.4, -0.2) is 11.7 Å². The van der Waals surface area contributed by atoms with Gasteiger partial charge in [0.05, 0.1) is 12.7 Å². The first-order valence-corrected chi connectivity index (χ1v) is 8.25. The molecule has 1 aromatic carbocycles. The van der Waals surface area contributed by atoms with Crippen molar-refractivity contribution in [2.75, 3.05) is 6.61 Å². The summed E-state index contributed by atoms with van der Waals surface area (Å²) in [6, 6.07) is 3.83. The maximum atomic E-state index is 10.5. The number of fused-ring (bicyclic) bond motifs is 1. The van der Waals surface area contributed by atoms with Crippen molar-refractivity contribution in [3.05, 3.63) is 28.3 Å². The molecule has 2 nitrogen and oxygen atoms in total. The van der Waals surface area contributed by atoms with Crippen LogP contribution in [0.3, 0.4) is 0 Å². The van der Waals surface area contributed by atoms with Crippen molar-refractivity contribution >= 4 is 11.6 Å². The van der Waals surface area contributed by atoms with Crippen LogP contribution in [0.2, 0.25) is 5.02 Å². The van der Waals surface area contributed by atoms with E-state index in [4.69, 9.17) is 16.3 Å². The second kappa shape index (κ2) is 6.36. The Bertz CT molecular complexity index is 466. The lowest BCUT2D eigenvalue weighted by Crippen LogP contribution is -2.09. The summed E-state index contributed by atoms with van der Waals surface area (Å²) in [6.45, 7) is 0.706. The van der Waals surface area contributed by atoms with Gasteiger partial charge in [-0.1, -0.05) is 43.7 Å². The fourth-order valence-electron chi connectivity index (χ4n) is 3.57. The maximum Gasteiger partial charge on any atom is 0.128 e. The van der Waals surface area contributed by atoms with Crippen LogP contribution in [0.1, 0.15) is 62.2 Å². The van der Waals surface area contributed by atoms with E-state index in [2.05, 4.69) is 0 Å². The van der Waals surface area contributed by atoms with Gasteiger partial charge in [0.1, 0.15) is 5.75 Å². The largest absolute Gasteiger partial charge is 0.493 e. The zero-order valence-corrected chi connectivity index (χ0v) is 12.7. The van der Waals surface area contributed by atoms with Crippen molar-refractivity contribution in [3.63, 3.8) is 0 Å². The van der Waals surface area contributed by atoms with Crippen molar-refractivity contribution in [1.82, 2.24) is 0 Å². The molecule has 1 heterocycles. The number of ether oxygens (including phenoxy) is 1. The Balaban J connectivity index is 1.66. The number of aliphatic hydroxyl groups is 1. The van der Waals surface area contributed by atoms with Gasteiger partial charge in [-0.3, -0.25) is 0 Å². The highest BCUT2D eigenvalue weighted by Crippen LogP contribution is 2.39. The van der Waals surface area contributed by atoms with E-state index in [0.29, 0.717) is 11.6 Å². The van der Waals surface area contributed by atoms with E-state index in [1.165, 1.54) is 32.1 Å². The zero-order valence-electron chi connectivity index (χ0n) is 11.9. The van der Waals surface area contributed by atoms with E-state index >= 15 is 0 Å².